The molecule has 0 aromatic rings. The van der Waals surface area contributed by atoms with Gasteiger partial charge in [-0.25, -0.2) is 8.42 Å². The molecule has 0 aliphatic heterocycles. The van der Waals surface area contributed by atoms with Crippen molar-refractivity contribution in [3.05, 3.63) is 0 Å². The van der Waals surface area contributed by atoms with E-state index in [4.69, 9.17) is 9.93 Å². The highest BCUT2D eigenvalue weighted by atomic mass is 32.2. The van der Waals surface area contributed by atoms with Gasteiger partial charge in [-0.05, 0) is 0 Å². The molecule has 6 heavy (non-hydrogen) atoms. The molecule has 0 aliphatic carbocycles. The SMILES string of the molecule is [N]S(=O)(=O)C=O. The van der Waals surface area contributed by atoms with E-state index in [2.05, 4.69) is 0 Å². The minimum absolute atomic E-state index is 0.535. The van der Waals surface area contributed by atoms with E-state index in [0.717, 1.165) is 0 Å². The van der Waals surface area contributed by atoms with E-state index < -0.39 is 15.6 Å². The second kappa shape index (κ2) is 1.36. The van der Waals surface area contributed by atoms with Crippen LogP contribution in [0.1, 0.15) is 0 Å². The molecule has 0 rings (SSSR count). The number of carbonyl (C=O) groups excluding carboxylic acids is 1. The fourth-order valence-corrected chi connectivity index (χ4v) is 0. The number of hydrogen-bond acceptors (Lipinski definition) is 3. The van der Waals surface area contributed by atoms with Crippen molar-refractivity contribution in [3.8, 4) is 0 Å². The Morgan fingerprint density at radius 3 is 1.67 bits per heavy atom. The summed E-state index contributed by atoms with van der Waals surface area (Å²) in [4.78, 5) is 8.99. The first-order valence-corrected chi connectivity index (χ1v) is 2.49. The fourth-order valence-electron chi connectivity index (χ4n) is 0. The molecule has 0 spiro atoms. The minimum Gasteiger partial charge on any atom is -0.284 e. The van der Waals surface area contributed by atoms with Gasteiger partial charge >= 0.3 is 10.0 Å². The predicted molar refractivity (Wildman–Crippen MR) is 17.8 cm³/mol. The van der Waals surface area contributed by atoms with Crippen molar-refractivity contribution in [1.82, 2.24) is 5.14 Å². The maximum absolute atomic E-state index is 9.19. The molecule has 5 heteroatoms. The predicted octanol–water partition coefficient (Wildman–Crippen LogP) is -1.42. The summed E-state index contributed by atoms with van der Waals surface area (Å²) in [6.45, 7) is 0. The molecule has 4 nitrogen and oxygen atoms in total. The highest BCUT2D eigenvalue weighted by Gasteiger charge is 1.96. The summed E-state index contributed by atoms with van der Waals surface area (Å²) >= 11 is 0. The Balaban J connectivity index is 4.25. The van der Waals surface area contributed by atoms with E-state index in [1.807, 2.05) is 0 Å². The van der Waals surface area contributed by atoms with Gasteiger partial charge in [0.15, 0.2) is 0 Å². The van der Waals surface area contributed by atoms with Crippen LogP contribution >= 0.6 is 0 Å². The van der Waals surface area contributed by atoms with Crippen molar-refractivity contribution >= 4 is 15.6 Å². The van der Waals surface area contributed by atoms with Gasteiger partial charge in [-0.2, -0.15) is 0 Å². The minimum atomic E-state index is -4.34. The fraction of sp³-hybridized carbons (Fsp3) is 0. The molecule has 0 amide bonds. The molecule has 0 saturated heterocycles. The molecule has 0 unspecified atom stereocenters. The number of rotatable bonds is 1. The number of sulfonamides is 1. The zero-order valence-corrected chi connectivity index (χ0v) is 3.47. The normalized spacial score (nSPS) is 10.8. The third kappa shape index (κ3) is 3.58. The Morgan fingerprint density at radius 1 is 1.50 bits per heavy atom. The third-order valence-electron chi connectivity index (χ3n) is 0.122. The monoisotopic (exact) mass is 107 g/mol. The van der Waals surface area contributed by atoms with Gasteiger partial charge in [0.1, 0.15) is 0 Å². The largest absolute Gasteiger partial charge is 0.304 e. The molecule has 0 aromatic heterocycles. The molecule has 0 saturated carbocycles. The summed E-state index contributed by atoms with van der Waals surface area (Å²) in [6, 6.07) is 0. The van der Waals surface area contributed by atoms with Gasteiger partial charge in [-0.15, -0.1) is 0 Å². The molecule has 0 aliphatic rings. The molecule has 0 heterocycles. The van der Waals surface area contributed by atoms with Gasteiger partial charge in [0.25, 0.3) is 5.62 Å². The molecule has 0 bridgehead atoms. The van der Waals surface area contributed by atoms with Crippen LogP contribution in [0.5, 0.6) is 0 Å². The standard InChI is InChI=1S/CHNO3S/c2-6(4,5)1-3/h1H. The van der Waals surface area contributed by atoms with Gasteiger partial charge in [-0.3, -0.25) is 4.79 Å². The Hall–Kier alpha value is -0.420. The molecule has 34 valence electrons. The summed E-state index contributed by atoms with van der Waals surface area (Å²) in [5.41, 5.74) is -0.535. The summed E-state index contributed by atoms with van der Waals surface area (Å²) in [5.74, 6) is 0. The van der Waals surface area contributed by atoms with Crippen LogP contribution in [0.25, 0.3) is 0 Å². The van der Waals surface area contributed by atoms with Crippen LogP contribution in [0, 0.1) is 0 Å². The van der Waals surface area contributed by atoms with Crippen LogP contribution in [0.15, 0.2) is 0 Å². The maximum atomic E-state index is 9.19. The maximum Gasteiger partial charge on any atom is 0.304 e. The zero-order chi connectivity index (χ0) is 5.21. The van der Waals surface area contributed by atoms with E-state index in [-0.39, 0.29) is 0 Å². The summed E-state index contributed by atoms with van der Waals surface area (Å²) in [6.07, 6.45) is 0. The topological polar surface area (TPSA) is 73.5 Å². The molecule has 2 radical (unpaired) electrons. The average molecular weight is 107 g/mol. The van der Waals surface area contributed by atoms with Crippen molar-refractivity contribution in [1.29, 1.82) is 0 Å². The Bertz CT molecular complexity index is 121. The third-order valence-corrected chi connectivity index (χ3v) is 0.365. The van der Waals surface area contributed by atoms with Gasteiger partial charge in [0.2, 0.25) is 0 Å². The lowest BCUT2D eigenvalue weighted by Crippen LogP contribution is -1.98. The number of hydrogen-bond donors (Lipinski definition) is 0. The molecule has 0 aromatic carbocycles. The lowest BCUT2D eigenvalue weighted by atomic mass is 11.8. The first-order chi connectivity index (χ1) is 2.56. The number of carbonyl (C=O) groups is 1. The Labute approximate surface area is 35.0 Å². The van der Waals surface area contributed by atoms with Crippen LogP contribution in [-0.4, -0.2) is 14.0 Å². The number of nitrogens with zero attached hydrogens (tertiary/aromatic N) is 1. The van der Waals surface area contributed by atoms with Crippen LogP contribution in [-0.2, 0) is 14.8 Å². The quantitative estimate of drug-likeness (QED) is 0.386. The summed E-state index contributed by atoms with van der Waals surface area (Å²) < 4.78 is 18.4. The van der Waals surface area contributed by atoms with E-state index in [0.29, 0.717) is 0 Å². The molecular formula is CHNO3S. The molecule has 0 fully saturated rings. The Morgan fingerprint density at radius 2 is 1.67 bits per heavy atom. The van der Waals surface area contributed by atoms with Gasteiger partial charge < -0.3 is 0 Å². The highest BCUT2D eigenvalue weighted by molar-refractivity contribution is 8.01. The lowest BCUT2D eigenvalue weighted by Gasteiger charge is -1.64. The van der Waals surface area contributed by atoms with Crippen molar-refractivity contribution in [3.63, 3.8) is 0 Å². The first-order valence-electron chi connectivity index (χ1n) is 0.987. The van der Waals surface area contributed by atoms with Gasteiger partial charge in [0.05, 0.1) is 0 Å². The van der Waals surface area contributed by atoms with E-state index in [1.54, 1.807) is 0 Å². The summed E-state index contributed by atoms with van der Waals surface area (Å²) in [5, 5.41) is 7.43. The molecule has 0 N–H and O–H groups in total. The van der Waals surface area contributed by atoms with Crippen molar-refractivity contribution < 1.29 is 13.2 Å². The van der Waals surface area contributed by atoms with Crippen LogP contribution in [0.3, 0.4) is 0 Å². The molecular weight excluding hydrogens is 106 g/mol. The van der Waals surface area contributed by atoms with Crippen LogP contribution < -0.4 is 5.14 Å². The Kier molecular flexibility index (Phi) is 1.26. The zero-order valence-electron chi connectivity index (χ0n) is 2.66. The van der Waals surface area contributed by atoms with E-state index in [9.17, 15) is 8.42 Å². The van der Waals surface area contributed by atoms with Crippen LogP contribution in [0.4, 0.5) is 0 Å². The van der Waals surface area contributed by atoms with E-state index >= 15 is 0 Å². The van der Waals surface area contributed by atoms with Crippen molar-refractivity contribution in [2.24, 2.45) is 0 Å². The average Bonchev–Trinajstić information content (AvgIpc) is 1.35. The molecule has 0 atom stereocenters. The highest BCUT2D eigenvalue weighted by Crippen LogP contribution is 1.61. The lowest BCUT2D eigenvalue weighted by molar-refractivity contribution is 0.556. The van der Waals surface area contributed by atoms with Crippen LogP contribution in [0.2, 0.25) is 0 Å². The van der Waals surface area contributed by atoms with Gasteiger partial charge in [-0.1, -0.05) is 0 Å². The summed E-state index contributed by atoms with van der Waals surface area (Å²) in [7, 11) is -4.34. The van der Waals surface area contributed by atoms with E-state index in [1.165, 1.54) is 0 Å². The van der Waals surface area contributed by atoms with Gasteiger partial charge in [0, 0.05) is 5.14 Å². The smallest absolute Gasteiger partial charge is 0.284 e. The first kappa shape index (κ1) is 5.58. The van der Waals surface area contributed by atoms with Crippen molar-refractivity contribution in [2.45, 2.75) is 0 Å². The van der Waals surface area contributed by atoms with Crippen molar-refractivity contribution in [2.75, 3.05) is 0 Å². The second-order valence-corrected chi connectivity index (χ2v) is 1.83. The second-order valence-electron chi connectivity index (χ2n) is 0.611.